The number of hydrogen-bond donors (Lipinski definition) is 1. The van der Waals surface area contributed by atoms with Crippen molar-refractivity contribution in [1.82, 2.24) is 14.9 Å². The predicted octanol–water partition coefficient (Wildman–Crippen LogP) is 3.69. The number of carbonyl (C=O) groups is 1. The summed E-state index contributed by atoms with van der Waals surface area (Å²) in [7, 11) is 1.70. The standard InChI is InChI=1S/C23H28N4O2S/c1-29-21-12-6-5-11-20(21)26-13-7-8-17(14-26)24-23(28)15-27-19-10-4-3-9-18(19)25-22(27)16-30-2/h3-6,9-12,17H,7-8,13-16H2,1-2H3,(H,24,28). The molecule has 1 atom stereocenters. The van der Waals surface area contributed by atoms with E-state index in [0.717, 1.165) is 60.0 Å². The molecule has 2 aromatic carbocycles. The van der Waals surface area contributed by atoms with Gasteiger partial charge in [-0.05, 0) is 43.4 Å². The van der Waals surface area contributed by atoms with Crippen LogP contribution in [0.4, 0.5) is 5.69 Å². The highest BCUT2D eigenvalue weighted by atomic mass is 32.2. The Kier molecular flexibility index (Phi) is 6.47. The van der Waals surface area contributed by atoms with Crippen molar-refractivity contribution in [3.63, 3.8) is 0 Å². The summed E-state index contributed by atoms with van der Waals surface area (Å²) in [4.78, 5) is 20.0. The third-order valence-electron chi connectivity index (χ3n) is 5.52. The molecule has 6 nitrogen and oxygen atoms in total. The fourth-order valence-electron chi connectivity index (χ4n) is 4.16. The first-order chi connectivity index (χ1) is 14.7. The number of hydrogen-bond acceptors (Lipinski definition) is 5. The number of carbonyl (C=O) groups excluding carboxylic acids is 1. The normalized spacial score (nSPS) is 16.6. The van der Waals surface area contributed by atoms with E-state index >= 15 is 0 Å². The lowest BCUT2D eigenvalue weighted by Crippen LogP contribution is -2.48. The Morgan fingerprint density at radius 3 is 2.87 bits per heavy atom. The van der Waals surface area contributed by atoms with Crippen LogP contribution in [0.3, 0.4) is 0 Å². The van der Waals surface area contributed by atoms with Crippen LogP contribution in [0, 0.1) is 0 Å². The van der Waals surface area contributed by atoms with E-state index in [2.05, 4.69) is 22.5 Å². The molecule has 1 saturated heterocycles. The van der Waals surface area contributed by atoms with Crippen LogP contribution in [0.25, 0.3) is 11.0 Å². The second-order valence-corrected chi connectivity index (χ2v) is 8.43. The van der Waals surface area contributed by atoms with Gasteiger partial charge in [0.05, 0.1) is 29.6 Å². The molecule has 1 aliphatic rings. The van der Waals surface area contributed by atoms with E-state index < -0.39 is 0 Å². The van der Waals surface area contributed by atoms with Gasteiger partial charge >= 0.3 is 0 Å². The van der Waals surface area contributed by atoms with Gasteiger partial charge in [-0.15, -0.1) is 0 Å². The molecule has 0 aliphatic carbocycles. The fraction of sp³-hybridized carbons (Fsp3) is 0.391. The van der Waals surface area contributed by atoms with E-state index in [1.165, 1.54) is 0 Å². The summed E-state index contributed by atoms with van der Waals surface area (Å²) in [6.45, 7) is 2.05. The number of rotatable bonds is 7. The lowest BCUT2D eigenvalue weighted by molar-refractivity contribution is -0.122. The van der Waals surface area contributed by atoms with Gasteiger partial charge in [0.15, 0.2) is 0 Å². The van der Waals surface area contributed by atoms with Gasteiger partial charge in [-0.3, -0.25) is 4.79 Å². The van der Waals surface area contributed by atoms with Gasteiger partial charge in [0.25, 0.3) is 0 Å². The molecule has 0 spiro atoms. The minimum Gasteiger partial charge on any atom is -0.495 e. The molecule has 30 heavy (non-hydrogen) atoms. The van der Waals surface area contributed by atoms with Crippen molar-refractivity contribution in [3.05, 3.63) is 54.4 Å². The lowest BCUT2D eigenvalue weighted by Gasteiger charge is -2.35. The van der Waals surface area contributed by atoms with Crippen molar-refractivity contribution in [2.45, 2.75) is 31.2 Å². The molecule has 0 radical (unpaired) electrons. The molecule has 158 valence electrons. The highest BCUT2D eigenvalue weighted by Gasteiger charge is 2.24. The number of anilines is 1. The van der Waals surface area contributed by atoms with Crippen LogP contribution < -0.4 is 15.0 Å². The van der Waals surface area contributed by atoms with Gasteiger partial charge in [0, 0.05) is 19.1 Å². The number of para-hydroxylation sites is 4. The molecule has 1 aliphatic heterocycles. The molecule has 1 unspecified atom stereocenters. The van der Waals surface area contributed by atoms with Crippen LogP contribution >= 0.6 is 11.8 Å². The van der Waals surface area contributed by atoms with Crippen LogP contribution in [0.5, 0.6) is 5.75 Å². The van der Waals surface area contributed by atoms with Gasteiger partial charge in [0.2, 0.25) is 5.91 Å². The Morgan fingerprint density at radius 2 is 2.03 bits per heavy atom. The maximum Gasteiger partial charge on any atom is 0.240 e. The minimum atomic E-state index is 0.0346. The molecule has 0 saturated carbocycles. The summed E-state index contributed by atoms with van der Waals surface area (Å²) in [5, 5.41) is 3.25. The zero-order valence-electron chi connectivity index (χ0n) is 17.5. The minimum absolute atomic E-state index is 0.0346. The van der Waals surface area contributed by atoms with Crippen molar-refractivity contribution >= 4 is 34.4 Å². The first-order valence-corrected chi connectivity index (χ1v) is 11.7. The number of aromatic nitrogens is 2. The number of nitrogens with one attached hydrogen (secondary N) is 1. The van der Waals surface area contributed by atoms with Crippen molar-refractivity contribution < 1.29 is 9.53 Å². The van der Waals surface area contributed by atoms with Gasteiger partial charge in [0.1, 0.15) is 18.1 Å². The first kappa shape index (κ1) is 20.6. The molecule has 1 aromatic heterocycles. The maximum atomic E-state index is 12.9. The van der Waals surface area contributed by atoms with Crippen LogP contribution in [-0.4, -0.2) is 48.0 Å². The Balaban J connectivity index is 1.45. The molecule has 4 rings (SSSR count). The van der Waals surface area contributed by atoms with Crippen molar-refractivity contribution in [2.24, 2.45) is 0 Å². The van der Waals surface area contributed by atoms with Gasteiger partial charge < -0.3 is 19.5 Å². The van der Waals surface area contributed by atoms with E-state index in [1.807, 2.05) is 47.0 Å². The summed E-state index contributed by atoms with van der Waals surface area (Å²) in [5.74, 6) is 2.63. The second kappa shape index (κ2) is 9.43. The largest absolute Gasteiger partial charge is 0.495 e. The van der Waals surface area contributed by atoms with Gasteiger partial charge in [-0.25, -0.2) is 4.98 Å². The Morgan fingerprint density at radius 1 is 1.23 bits per heavy atom. The second-order valence-electron chi connectivity index (χ2n) is 7.56. The molecule has 1 N–H and O–H groups in total. The SMILES string of the molecule is COc1ccccc1N1CCCC(NC(=O)Cn2c(CSC)nc3ccccc32)C1. The molecule has 2 heterocycles. The van der Waals surface area contributed by atoms with Crippen LogP contribution in [0.1, 0.15) is 18.7 Å². The number of nitrogens with zero attached hydrogens (tertiary/aromatic N) is 3. The predicted molar refractivity (Wildman–Crippen MR) is 123 cm³/mol. The molecular formula is C23H28N4O2S. The third-order valence-corrected chi connectivity index (χ3v) is 6.07. The zero-order valence-corrected chi connectivity index (χ0v) is 18.3. The number of imidazole rings is 1. The topological polar surface area (TPSA) is 59.4 Å². The van der Waals surface area contributed by atoms with Crippen molar-refractivity contribution in [1.29, 1.82) is 0 Å². The average Bonchev–Trinajstić information content (AvgIpc) is 3.11. The quantitative estimate of drug-likeness (QED) is 0.627. The highest BCUT2D eigenvalue weighted by molar-refractivity contribution is 7.97. The smallest absolute Gasteiger partial charge is 0.240 e. The number of amides is 1. The number of methoxy groups -OCH3 is 1. The number of fused-ring (bicyclic) bond motifs is 1. The molecular weight excluding hydrogens is 396 g/mol. The highest BCUT2D eigenvalue weighted by Crippen LogP contribution is 2.30. The Bertz CT molecular complexity index is 1020. The Labute approximate surface area is 181 Å². The van der Waals surface area contributed by atoms with Gasteiger partial charge in [-0.2, -0.15) is 11.8 Å². The Hall–Kier alpha value is -2.67. The number of piperidine rings is 1. The fourth-order valence-corrected chi connectivity index (χ4v) is 4.64. The van der Waals surface area contributed by atoms with E-state index in [1.54, 1.807) is 18.9 Å². The summed E-state index contributed by atoms with van der Waals surface area (Å²) in [6.07, 6.45) is 4.08. The number of benzene rings is 2. The maximum absolute atomic E-state index is 12.9. The van der Waals surface area contributed by atoms with E-state index in [9.17, 15) is 4.79 Å². The average molecular weight is 425 g/mol. The molecule has 1 amide bonds. The van der Waals surface area contributed by atoms with Gasteiger partial charge in [-0.1, -0.05) is 24.3 Å². The van der Waals surface area contributed by atoms with Crippen LogP contribution in [0.15, 0.2) is 48.5 Å². The summed E-state index contributed by atoms with van der Waals surface area (Å²) in [6, 6.07) is 16.2. The monoisotopic (exact) mass is 424 g/mol. The van der Waals surface area contributed by atoms with Crippen molar-refractivity contribution in [3.8, 4) is 5.75 Å². The van der Waals surface area contributed by atoms with E-state index in [-0.39, 0.29) is 11.9 Å². The molecule has 7 heteroatoms. The summed E-state index contributed by atoms with van der Waals surface area (Å²) < 4.78 is 7.56. The number of thioether (sulfide) groups is 1. The van der Waals surface area contributed by atoms with Crippen LogP contribution in [0.2, 0.25) is 0 Å². The van der Waals surface area contributed by atoms with Crippen molar-refractivity contribution in [2.75, 3.05) is 31.4 Å². The summed E-state index contributed by atoms with van der Waals surface area (Å²) >= 11 is 1.71. The third kappa shape index (κ3) is 4.41. The zero-order chi connectivity index (χ0) is 20.9. The van der Waals surface area contributed by atoms with E-state index in [4.69, 9.17) is 9.72 Å². The number of ether oxygens (including phenoxy) is 1. The molecule has 0 bridgehead atoms. The first-order valence-electron chi connectivity index (χ1n) is 10.3. The van der Waals surface area contributed by atoms with E-state index in [0.29, 0.717) is 6.54 Å². The lowest BCUT2D eigenvalue weighted by atomic mass is 10.0. The molecule has 3 aromatic rings. The van der Waals surface area contributed by atoms with Crippen LogP contribution in [-0.2, 0) is 17.1 Å². The molecule has 1 fully saturated rings. The summed E-state index contributed by atoms with van der Waals surface area (Å²) in [5.41, 5.74) is 3.03.